The highest BCUT2D eigenvalue weighted by atomic mass is 32.2. The van der Waals surface area contributed by atoms with E-state index in [9.17, 15) is 4.79 Å². The number of ether oxygens (including phenoxy) is 1. The molecule has 0 aliphatic carbocycles. The number of hydrogen-bond acceptors (Lipinski definition) is 3. The van der Waals surface area contributed by atoms with Gasteiger partial charge in [0.15, 0.2) is 0 Å². The monoisotopic (exact) mass is 286 g/mol. The summed E-state index contributed by atoms with van der Waals surface area (Å²) in [5.41, 5.74) is 1.83. The zero-order valence-corrected chi connectivity index (χ0v) is 12.6. The molecule has 2 rings (SSSR count). The summed E-state index contributed by atoms with van der Waals surface area (Å²) >= 11 is 1.66. The SMILES string of the molecule is CCCc1ccc(C(=O)Oc2ccc(SC)cc2)cc1. The topological polar surface area (TPSA) is 26.3 Å². The Hall–Kier alpha value is -1.74. The Morgan fingerprint density at radius 2 is 1.70 bits per heavy atom. The number of esters is 1. The van der Waals surface area contributed by atoms with Crippen LogP contribution in [-0.4, -0.2) is 12.2 Å². The smallest absolute Gasteiger partial charge is 0.343 e. The molecule has 0 aromatic heterocycles. The minimum absolute atomic E-state index is 0.315. The third kappa shape index (κ3) is 3.87. The van der Waals surface area contributed by atoms with Crippen LogP contribution < -0.4 is 4.74 Å². The lowest BCUT2D eigenvalue weighted by Crippen LogP contribution is -2.08. The summed E-state index contributed by atoms with van der Waals surface area (Å²) in [7, 11) is 0. The predicted molar refractivity (Wildman–Crippen MR) is 83.6 cm³/mol. The molecule has 0 bridgehead atoms. The Morgan fingerprint density at radius 1 is 1.05 bits per heavy atom. The number of carbonyl (C=O) groups excluding carboxylic acids is 1. The molecule has 3 heteroatoms. The zero-order chi connectivity index (χ0) is 14.4. The van der Waals surface area contributed by atoms with Crippen molar-refractivity contribution in [3.05, 3.63) is 59.7 Å². The summed E-state index contributed by atoms with van der Waals surface area (Å²) in [6.45, 7) is 2.14. The van der Waals surface area contributed by atoms with Gasteiger partial charge in [-0.25, -0.2) is 4.79 Å². The molecule has 0 atom stereocenters. The molecule has 0 heterocycles. The lowest BCUT2D eigenvalue weighted by Gasteiger charge is -2.06. The highest BCUT2D eigenvalue weighted by Crippen LogP contribution is 2.20. The molecule has 0 saturated heterocycles. The first-order chi connectivity index (χ1) is 9.72. The van der Waals surface area contributed by atoms with Crippen molar-refractivity contribution in [2.24, 2.45) is 0 Å². The van der Waals surface area contributed by atoms with Crippen molar-refractivity contribution < 1.29 is 9.53 Å². The third-order valence-corrected chi connectivity index (χ3v) is 3.74. The van der Waals surface area contributed by atoms with E-state index in [-0.39, 0.29) is 5.97 Å². The van der Waals surface area contributed by atoms with E-state index in [4.69, 9.17) is 4.74 Å². The van der Waals surface area contributed by atoms with Crippen molar-refractivity contribution in [2.75, 3.05) is 6.26 Å². The van der Waals surface area contributed by atoms with Crippen LogP contribution in [0.3, 0.4) is 0 Å². The Labute approximate surface area is 124 Å². The molecule has 0 fully saturated rings. The van der Waals surface area contributed by atoms with E-state index >= 15 is 0 Å². The molecule has 104 valence electrons. The first-order valence-corrected chi connectivity index (χ1v) is 7.90. The molecule has 2 aromatic carbocycles. The predicted octanol–water partition coefficient (Wildman–Crippen LogP) is 4.58. The van der Waals surface area contributed by atoms with Crippen molar-refractivity contribution in [2.45, 2.75) is 24.7 Å². The lowest BCUT2D eigenvalue weighted by atomic mass is 10.1. The average Bonchev–Trinajstić information content (AvgIpc) is 2.49. The summed E-state index contributed by atoms with van der Waals surface area (Å²) in [6, 6.07) is 15.1. The summed E-state index contributed by atoms with van der Waals surface area (Å²) in [5, 5.41) is 0. The van der Waals surface area contributed by atoms with Crippen LogP contribution in [0.15, 0.2) is 53.4 Å². The van der Waals surface area contributed by atoms with Crippen LogP contribution >= 0.6 is 11.8 Å². The standard InChI is InChI=1S/C17H18O2S/c1-3-4-13-5-7-14(8-6-13)17(18)19-15-9-11-16(20-2)12-10-15/h5-12H,3-4H2,1-2H3. The Kier molecular flexibility index (Phi) is 5.24. The molecule has 0 radical (unpaired) electrons. The molecule has 20 heavy (non-hydrogen) atoms. The van der Waals surface area contributed by atoms with Crippen LogP contribution in [-0.2, 0) is 6.42 Å². The van der Waals surface area contributed by atoms with Gasteiger partial charge in [0.25, 0.3) is 0 Å². The molecule has 0 aliphatic heterocycles. The summed E-state index contributed by atoms with van der Waals surface area (Å²) < 4.78 is 5.35. The number of thioether (sulfide) groups is 1. The van der Waals surface area contributed by atoms with Crippen molar-refractivity contribution in [1.82, 2.24) is 0 Å². The van der Waals surface area contributed by atoms with Crippen molar-refractivity contribution in [3.8, 4) is 5.75 Å². The molecule has 0 unspecified atom stereocenters. The maximum atomic E-state index is 12.0. The fourth-order valence-corrected chi connectivity index (χ4v) is 2.31. The fourth-order valence-electron chi connectivity index (χ4n) is 1.91. The third-order valence-electron chi connectivity index (χ3n) is 3.00. The first-order valence-electron chi connectivity index (χ1n) is 6.68. The van der Waals surface area contributed by atoms with Gasteiger partial charge in [-0.1, -0.05) is 25.5 Å². The van der Waals surface area contributed by atoms with Gasteiger partial charge in [0.05, 0.1) is 5.56 Å². The van der Waals surface area contributed by atoms with Crippen molar-refractivity contribution in [3.63, 3.8) is 0 Å². The van der Waals surface area contributed by atoms with Crippen LogP contribution in [0.25, 0.3) is 0 Å². The molecule has 0 aliphatic rings. The summed E-state index contributed by atoms with van der Waals surface area (Å²) in [5.74, 6) is 0.260. The zero-order valence-electron chi connectivity index (χ0n) is 11.8. The van der Waals surface area contributed by atoms with Crippen LogP contribution in [0.1, 0.15) is 29.3 Å². The lowest BCUT2D eigenvalue weighted by molar-refractivity contribution is 0.0734. The summed E-state index contributed by atoms with van der Waals surface area (Å²) in [4.78, 5) is 13.2. The van der Waals surface area contributed by atoms with E-state index in [0.717, 1.165) is 17.7 Å². The maximum Gasteiger partial charge on any atom is 0.343 e. The van der Waals surface area contributed by atoms with Gasteiger partial charge in [-0.3, -0.25) is 0 Å². The highest BCUT2D eigenvalue weighted by Gasteiger charge is 2.08. The first kappa shape index (κ1) is 14.7. The number of hydrogen-bond donors (Lipinski definition) is 0. The Morgan fingerprint density at radius 3 is 2.25 bits per heavy atom. The molecule has 0 N–H and O–H groups in total. The van der Waals surface area contributed by atoms with Gasteiger partial charge in [0, 0.05) is 4.90 Å². The molecular formula is C17H18O2S. The summed E-state index contributed by atoms with van der Waals surface area (Å²) in [6.07, 6.45) is 4.15. The number of aryl methyl sites for hydroxylation is 1. The van der Waals surface area contributed by atoms with Gasteiger partial charge in [0.2, 0.25) is 0 Å². The number of rotatable bonds is 5. The van der Waals surface area contributed by atoms with E-state index in [1.54, 1.807) is 11.8 Å². The van der Waals surface area contributed by atoms with Crippen LogP contribution in [0.4, 0.5) is 0 Å². The largest absolute Gasteiger partial charge is 0.423 e. The van der Waals surface area contributed by atoms with Crippen molar-refractivity contribution >= 4 is 17.7 Å². The second kappa shape index (κ2) is 7.15. The molecule has 0 saturated carbocycles. The Bertz CT molecular complexity index is 559. The molecule has 2 aromatic rings. The van der Waals surface area contributed by atoms with Gasteiger partial charge >= 0.3 is 5.97 Å². The van der Waals surface area contributed by atoms with Gasteiger partial charge in [-0.15, -0.1) is 11.8 Å². The van der Waals surface area contributed by atoms with E-state index in [1.165, 1.54) is 5.56 Å². The quantitative estimate of drug-likeness (QED) is 0.457. The molecule has 0 spiro atoms. The minimum atomic E-state index is -0.315. The van der Waals surface area contributed by atoms with E-state index in [0.29, 0.717) is 11.3 Å². The molecular weight excluding hydrogens is 268 g/mol. The van der Waals surface area contributed by atoms with E-state index in [1.807, 2.05) is 54.8 Å². The van der Waals surface area contributed by atoms with Crippen LogP contribution in [0.5, 0.6) is 5.75 Å². The van der Waals surface area contributed by atoms with Crippen molar-refractivity contribution in [1.29, 1.82) is 0 Å². The van der Waals surface area contributed by atoms with Gasteiger partial charge in [0.1, 0.15) is 5.75 Å². The fraction of sp³-hybridized carbons (Fsp3) is 0.235. The van der Waals surface area contributed by atoms with Crippen LogP contribution in [0.2, 0.25) is 0 Å². The second-order valence-electron chi connectivity index (χ2n) is 4.51. The van der Waals surface area contributed by atoms with Crippen LogP contribution in [0, 0.1) is 0 Å². The molecule has 2 nitrogen and oxygen atoms in total. The normalized spacial score (nSPS) is 10.3. The van der Waals surface area contributed by atoms with E-state index in [2.05, 4.69) is 6.92 Å². The van der Waals surface area contributed by atoms with Gasteiger partial charge in [-0.05, 0) is 54.6 Å². The molecule has 0 amide bonds. The number of benzene rings is 2. The minimum Gasteiger partial charge on any atom is -0.423 e. The van der Waals surface area contributed by atoms with Gasteiger partial charge in [-0.2, -0.15) is 0 Å². The maximum absolute atomic E-state index is 12.0. The van der Waals surface area contributed by atoms with E-state index < -0.39 is 0 Å². The number of carbonyl (C=O) groups is 1. The van der Waals surface area contributed by atoms with Gasteiger partial charge < -0.3 is 4.74 Å². The average molecular weight is 286 g/mol. The second-order valence-corrected chi connectivity index (χ2v) is 5.39. The highest BCUT2D eigenvalue weighted by molar-refractivity contribution is 7.98. The Balaban J connectivity index is 2.03.